The van der Waals surface area contributed by atoms with Gasteiger partial charge >= 0.3 is 12.2 Å². The maximum Gasteiger partial charge on any atom is 0.410 e. The van der Waals surface area contributed by atoms with Crippen LogP contribution in [0.15, 0.2) is 42.5 Å². The van der Waals surface area contributed by atoms with Crippen LogP contribution in [0.3, 0.4) is 0 Å². The molecule has 4 rings (SSSR count). The fourth-order valence-corrected chi connectivity index (χ4v) is 5.76. The molecule has 2 aromatic carbocycles. The van der Waals surface area contributed by atoms with Gasteiger partial charge < -0.3 is 29.3 Å². The molecule has 2 aromatic rings. The van der Waals surface area contributed by atoms with Crippen molar-refractivity contribution in [3.8, 4) is 16.9 Å². The van der Waals surface area contributed by atoms with Crippen molar-refractivity contribution in [3.05, 3.63) is 53.8 Å². The number of carbonyl (C=O) groups is 3. The first kappa shape index (κ1) is 35.0. The molecule has 2 heterocycles. The second kappa shape index (κ2) is 15.1. The molecule has 0 aliphatic carbocycles. The second-order valence-electron chi connectivity index (χ2n) is 13.5. The average molecular weight is 644 g/mol. The van der Waals surface area contributed by atoms with Gasteiger partial charge in [0.1, 0.15) is 29.4 Å². The Morgan fingerprint density at radius 1 is 0.935 bits per heavy atom. The maximum absolute atomic E-state index is 15.4. The monoisotopic (exact) mass is 643 g/mol. The van der Waals surface area contributed by atoms with E-state index >= 15 is 4.39 Å². The van der Waals surface area contributed by atoms with Crippen LogP contribution in [-0.4, -0.2) is 84.1 Å². The number of benzene rings is 2. The molecule has 3 amide bonds. The van der Waals surface area contributed by atoms with Crippen molar-refractivity contribution >= 4 is 18.1 Å². The highest BCUT2D eigenvalue weighted by atomic mass is 19.1. The number of rotatable bonds is 9. The summed E-state index contributed by atoms with van der Waals surface area (Å²) in [4.78, 5) is 41.0. The third-order valence-electron chi connectivity index (χ3n) is 8.22. The van der Waals surface area contributed by atoms with Crippen molar-refractivity contribution in [2.45, 2.75) is 97.2 Å². The van der Waals surface area contributed by atoms with Crippen LogP contribution in [0.4, 0.5) is 18.4 Å². The third-order valence-corrected chi connectivity index (χ3v) is 8.22. The van der Waals surface area contributed by atoms with Crippen LogP contribution in [0.5, 0.6) is 5.75 Å². The molecule has 3 atom stereocenters. The van der Waals surface area contributed by atoms with Crippen LogP contribution in [0, 0.1) is 11.7 Å². The van der Waals surface area contributed by atoms with Crippen molar-refractivity contribution in [3.63, 3.8) is 0 Å². The summed E-state index contributed by atoms with van der Waals surface area (Å²) < 4.78 is 46.1. The number of ether oxygens (including phenoxy) is 3. The Hall–Kier alpha value is -3.89. The normalized spacial score (nSPS) is 18.7. The molecule has 0 bridgehead atoms. The van der Waals surface area contributed by atoms with Gasteiger partial charge in [-0.2, -0.15) is 0 Å². The van der Waals surface area contributed by atoms with Crippen molar-refractivity contribution in [2.75, 3.05) is 26.2 Å². The van der Waals surface area contributed by atoms with Crippen LogP contribution in [0.2, 0.25) is 0 Å². The third kappa shape index (κ3) is 9.80. The Morgan fingerprint density at radius 2 is 1.57 bits per heavy atom. The first-order valence-corrected chi connectivity index (χ1v) is 16.1. The van der Waals surface area contributed by atoms with Gasteiger partial charge in [-0.25, -0.2) is 18.4 Å². The summed E-state index contributed by atoms with van der Waals surface area (Å²) in [5.41, 5.74) is 0.882. The second-order valence-corrected chi connectivity index (χ2v) is 13.5. The first-order valence-electron chi connectivity index (χ1n) is 16.1. The van der Waals surface area contributed by atoms with E-state index in [1.807, 2.05) is 45.0 Å². The van der Waals surface area contributed by atoms with Gasteiger partial charge in [0.15, 0.2) is 0 Å². The molecule has 0 radical (unpaired) electrons. The molecule has 2 saturated heterocycles. The number of nitrogens with one attached hydrogen (secondary N) is 1. The van der Waals surface area contributed by atoms with Crippen LogP contribution < -0.4 is 10.1 Å². The van der Waals surface area contributed by atoms with E-state index in [0.29, 0.717) is 30.3 Å². The van der Waals surface area contributed by atoms with Crippen molar-refractivity contribution in [1.82, 2.24) is 15.1 Å². The molecule has 0 aromatic heterocycles. The number of alkyl carbamates (subject to hydrolysis) is 1. The molecular weight excluding hydrogens is 596 g/mol. The summed E-state index contributed by atoms with van der Waals surface area (Å²) in [6.45, 7) is 12.3. The van der Waals surface area contributed by atoms with Gasteiger partial charge in [0.05, 0.1) is 18.8 Å². The molecule has 46 heavy (non-hydrogen) atoms. The minimum absolute atomic E-state index is 0.0489. The van der Waals surface area contributed by atoms with Gasteiger partial charge in [0, 0.05) is 26.1 Å². The average Bonchev–Trinajstić information content (AvgIpc) is 3.42. The molecular formula is C35H47F2N3O6. The number of halogens is 2. The lowest BCUT2D eigenvalue weighted by molar-refractivity contribution is -0.132. The summed E-state index contributed by atoms with van der Waals surface area (Å²) in [5.74, 6) is -0.00192. The van der Waals surface area contributed by atoms with Gasteiger partial charge in [0.2, 0.25) is 5.91 Å². The highest BCUT2D eigenvalue weighted by molar-refractivity contribution is 5.86. The number of carbonyl (C=O) groups excluding carboxylic acids is 3. The van der Waals surface area contributed by atoms with E-state index in [0.717, 1.165) is 18.4 Å². The van der Waals surface area contributed by atoms with Crippen molar-refractivity contribution < 1.29 is 37.4 Å². The smallest absolute Gasteiger partial charge is 0.410 e. The van der Waals surface area contributed by atoms with E-state index < -0.39 is 35.6 Å². The lowest BCUT2D eigenvalue weighted by Crippen LogP contribution is -2.50. The molecule has 252 valence electrons. The van der Waals surface area contributed by atoms with E-state index in [-0.39, 0.29) is 49.8 Å². The number of nitrogens with zero attached hydrogens (tertiary/aromatic N) is 2. The molecule has 2 unspecified atom stereocenters. The highest BCUT2D eigenvalue weighted by Gasteiger charge is 2.33. The van der Waals surface area contributed by atoms with Crippen LogP contribution in [0.25, 0.3) is 11.1 Å². The molecule has 2 aliphatic rings. The Balaban J connectivity index is 1.37. The molecule has 2 aliphatic heterocycles. The zero-order valence-corrected chi connectivity index (χ0v) is 27.7. The SMILES string of the molecule is CC(C)OC(=O)N1CCC(C(C)Oc2ccc(-c3ccc(CC(NC(=O)OC(C)(C)C)C(=O)N4CC[C@H](F)C4)c(F)c3)cc2)CC1. The molecule has 9 nitrogen and oxygen atoms in total. The summed E-state index contributed by atoms with van der Waals surface area (Å²) >= 11 is 0. The molecule has 0 spiro atoms. The number of likely N-dealkylation sites (tertiary alicyclic amines) is 2. The Morgan fingerprint density at radius 3 is 2.13 bits per heavy atom. The van der Waals surface area contributed by atoms with E-state index in [1.165, 1.54) is 11.0 Å². The lowest BCUT2D eigenvalue weighted by Gasteiger charge is -2.34. The number of amides is 3. The van der Waals surface area contributed by atoms with Gasteiger partial charge in [0.25, 0.3) is 0 Å². The number of alkyl halides is 1. The maximum atomic E-state index is 15.4. The van der Waals surface area contributed by atoms with E-state index in [4.69, 9.17) is 14.2 Å². The fourth-order valence-electron chi connectivity index (χ4n) is 5.76. The van der Waals surface area contributed by atoms with E-state index in [9.17, 15) is 18.8 Å². The van der Waals surface area contributed by atoms with E-state index in [1.54, 1.807) is 37.8 Å². The van der Waals surface area contributed by atoms with Crippen LogP contribution in [-0.2, 0) is 20.7 Å². The molecule has 0 saturated carbocycles. The summed E-state index contributed by atoms with van der Waals surface area (Å²) in [6, 6.07) is 11.1. The first-order chi connectivity index (χ1) is 21.7. The largest absolute Gasteiger partial charge is 0.490 e. The summed E-state index contributed by atoms with van der Waals surface area (Å²) in [6.07, 6.45) is -0.619. The summed E-state index contributed by atoms with van der Waals surface area (Å²) in [7, 11) is 0. The molecule has 11 heteroatoms. The molecule has 1 N–H and O–H groups in total. The standard InChI is InChI=1S/C35H47F2N3O6/c1-22(2)44-34(43)39-16-13-24(14-17-39)23(3)45-29-11-9-25(10-12-29)26-7-8-27(30(37)19-26)20-31(38-33(42)46-35(4,5)6)32(41)40-18-15-28(36)21-40/h7-12,19,22-24,28,31H,13-18,20-21H2,1-6H3,(H,38,42)/t23?,28-,31?/m0/s1. The Labute approximate surface area is 270 Å². The fraction of sp³-hybridized carbons (Fsp3) is 0.571. The number of hydrogen-bond donors (Lipinski definition) is 1. The number of hydrogen-bond acceptors (Lipinski definition) is 6. The van der Waals surface area contributed by atoms with Crippen molar-refractivity contribution in [1.29, 1.82) is 0 Å². The predicted molar refractivity (Wildman–Crippen MR) is 171 cm³/mol. The minimum Gasteiger partial charge on any atom is -0.490 e. The zero-order chi connectivity index (χ0) is 33.6. The van der Waals surface area contributed by atoms with Gasteiger partial charge in [-0.15, -0.1) is 0 Å². The van der Waals surface area contributed by atoms with Crippen LogP contribution >= 0.6 is 0 Å². The lowest BCUT2D eigenvalue weighted by atomic mass is 9.92. The van der Waals surface area contributed by atoms with Crippen molar-refractivity contribution in [2.24, 2.45) is 5.92 Å². The Kier molecular flexibility index (Phi) is 11.5. The van der Waals surface area contributed by atoms with Gasteiger partial charge in [-0.05, 0) is 102 Å². The Bertz CT molecular complexity index is 1360. The summed E-state index contributed by atoms with van der Waals surface area (Å²) in [5, 5.41) is 2.57. The zero-order valence-electron chi connectivity index (χ0n) is 27.7. The van der Waals surface area contributed by atoms with Gasteiger partial charge in [-0.1, -0.05) is 24.3 Å². The number of piperidine rings is 1. The highest BCUT2D eigenvalue weighted by Crippen LogP contribution is 2.29. The predicted octanol–water partition coefficient (Wildman–Crippen LogP) is 6.52. The minimum atomic E-state index is -1.12. The molecule has 2 fully saturated rings. The topological polar surface area (TPSA) is 97.4 Å². The van der Waals surface area contributed by atoms with Gasteiger partial charge in [-0.3, -0.25) is 4.79 Å². The van der Waals surface area contributed by atoms with Crippen LogP contribution in [0.1, 0.15) is 66.4 Å². The quantitative estimate of drug-likeness (QED) is 0.334. The van der Waals surface area contributed by atoms with E-state index in [2.05, 4.69) is 5.32 Å².